The van der Waals surface area contributed by atoms with E-state index in [0.29, 0.717) is 17.3 Å². The van der Waals surface area contributed by atoms with E-state index >= 15 is 0 Å². The first-order valence-electron chi connectivity index (χ1n) is 6.56. The summed E-state index contributed by atoms with van der Waals surface area (Å²) in [6.07, 6.45) is 1.62. The minimum Gasteiger partial charge on any atom is -0.468 e. The van der Waals surface area contributed by atoms with Crippen LogP contribution in [-0.2, 0) is 0 Å². The molecule has 0 aliphatic rings. The molecule has 2 rings (SSSR count). The highest BCUT2D eigenvalue weighted by Gasteiger charge is 2.17. The Hall–Kier alpha value is -1.98. The number of amides is 2. The summed E-state index contributed by atoms with van der Waals surface area (Å²) in [4.78, 5) is 13.9. The quantitative estimate of drug-likeness (QED) is 0.890. The smallest absolute Gasteiger partial charge is 0.319 e. The van der Waals surface area contributed by atoms with Crippen molar-refractivity contribution in [3.63, 3.8) is 0 Å². The number of hydrogen-bond acceptors (Lipinski definition) is 3. The minimum atomic E-state index is -0.268. The van der Waals surface area contributed by atoms with E-state index in [9.17, 15) is 4.79 Å². The van der Waals surface area contributed by atoms with Gasteiger partial charge in [0.25, 0.3) is 0 Å². The molecule has 21 heavy (non-hydrogen) atoms. The molecule has 1 heterocycles. The second-order valence-corrected chi connectivity index (χ2v) is 5.27. The third-order valence-corrected chi connectivity index (χ3v) is 3.30. The number of nitrogens with one attached hydrogen (secondary N) is 2. The van der Waals surface area contributed by atoms with E-state index in [0.717, 1.165) is 5.76 Å². The van der Waals surface area contributed by atoms with Crippen molar-refractivity contribution in [1.29, 1.82) is 0 Å². The van der Waals surface area contributed by atoms with Gasteiger partial charge in [-0.25, -0.2) is 4.79 Å². The number of urea groups is 1. The molecule has 2 amide bonds. The van der Waals surface area contributed by atoms with Gasteiger partial charge in [0.15, 0.2) is 0 Å². The highest BCUT2D eigenvalue weighted by molar-refractivity contribution is 6.30. The van der Waals surface area contributed by atoms with Gasteiger partial charge in [0.1, 0.15) is 5.76 Å². The standard InChI is InChI=1S/C15H18ClN3O2/c1-19(2)13(14-4-3-9-21-14)10-17-15(20)18-12-7-5-11(16)6-8-12/h3-9,13H,10H2,1-2H3,(H2,17,18,20)/t13-/m1/s1. The van der Waals surface area contributed by atoms with Gasteiger partial charge < -0.3 is 15.1 Å². The fraction of sp³-hybridized carbons (Fsp3) is 0.267. The summed E-state index contributed by atoms with van der Waals surface area (Å²) in [5.41, 5.74) is 0.691. The van der Waals surface area contributed by atoms with Crippen LogP contribution in [0.2, 0.25) is 5.02 Å². The summed E-state index contributed by atoms with van der Waals surface area (Å²) >= 11 is 5.80. The fourth-order valence-electron chi connectivity index (χ4n) is 1.92. The first-order chi connectivity index (χ1) is 10.1. The van der Waals surface area contributed by atoms with Crippen molar-refractivity contribution in [3.8, 4) is 0 Å². The molecule has 0 saturated heterocycles. The molecule has 0 spiro atoms. The molecule has 1 atom stereocenters. The van der Waals surface area contributed by atoms with Crippen LogP contribution in [-0.4, -0.2) is 31.6 Å². The van der Waals surface area contributed by atoms with E-state index in [4.69, 9.17) is 16.0 Å². The summed E-state index contributed by atoms with van der Waals surface area (Å²) < 4.78 is 5.39. The Bertz CT molecular complexity index is 567. The van der Waals surface area contributed by atoms with Crippen LogP contribution in [0.25, 0.3) is 0 Å². The van der Waals surface area contributed by atoms with Crippen LogP contribution in [0.5, 0.6) is 0 Å². The molecule has 112 valence electrons. The number of anilines is 1. The van der Waals surface area contributed by atoms with Crippen molar-refractivity contribution < 1.29 is 9.21 Å². The Balaban J connectivity index is 1.89. The van der Waals surface area contributed by atoms with E-state index in [1.807, 2.05) is 31.1 Å². The molecular formula is C15H18ClN3O2. The zero-order valence-electron chi connectivity index (χ0n) is 12.0. The van der Waals surface area contributed by atoms with Gasteiger partial charge in [-0.2, -0.15) is 0 Å². The van der Waals surface area contributed by atoms with Crippen molar-refractivity contribution in [1.82, 2.24) is 10.2 Å². The van der Waals surface area contributed by atoms with Crippen molar-refractivity contribution in [3.05, 3.63) is 53.4 Å². The number of nitrogens with zero attached hydrogens (tertiary/aromatic N) is 1. The van der Waals surface area contributed by atoms with E-state index in [1.54, 1.807) is 30.5 Å². The molecule has 0 bridgehead atoms. The number of halogens is 1. The maximum Gasteiger partial charge on any atom is 0.319 e. The van der Waals surface area contributed by atoms with Crippen LogP contribution >= 0.6 is 11.6 Å². The number of hydrogen-bond donors (Lipinski definition) is 2. The number of carbonyl (C=O) groups is 1. The lowest BCUT2D eigenvalue weighted by atomic mass is 10.2. The van der Waals surface area contributed by atoms with E-state index in [1.165, 1.54) is 0 Å². The van der Waals surface area contributed by atoms with E-state index in [2.05, 4.69) is 10.6 Å². The maximum atomic E-state index is 11.9. The zero-order chi connectivity index (χ0) is 15.2. The predicted molar refractivity (Wildman–Crippen MR) is 83.6 cm³/mol. The third kappa shape index (κ3) is 4.51. The summed E-state index contributed by atoms with van der Waals surface area (Å²) in [5, 5.41) is 6.21. The van der Waals surface area contributed by atoms with Crippen molar-refractivity contribution in [2.24, 2.45) is 0 Å². The lowest BCUT2D eigenvalue weighted by molar-refractivity contribution is 0.233. The van der Waals surface area contributed by atoms with Gasteiger partial charge >= 0.3 is 6.03 Å². The Kier molecular flexibility index (Phi) is 5.25. The molecule has 6 heteroatoms. The molecule has 0 unspecified atom stereocenters. The molecule has 0 fully saturated rings. The summed E-state index contributed by atoms with van der Waals surface area (Å²) in [5.74, 6) is 0.812. The normalized spacial score (nSPS) is 12.2. The molecule has 1 aromatic heterocycles. The van der Waals surface area contributed by atoms with Gasteiger partial charge in [-0.05, 0) is 50.5 Å². The second kappa shape index (κ2) is 7.15. The van der Waals surface area contributed by atoms with Crippen LogP contribution in [0.1, 0.15) is 11.8 Å². The van der Waals surface area contributed by atoms with Gasteiger partial charge in [0.05, 0.1) is 12.3 Å². The topological polar surface area (TPSA) is 57.5 Å². The monoisotopic (exact) mass is 307 g/mol. The second-order valence-electron chi connectivity index (χ2n) is 4.84. The first-order valence-corrected chi connectivity index (χ1v) is 6.94. The molecule has 0 radical (unpaired) electrons. The zero-order valence-corrected chi connectivity index (χ0v) is 12.7. The Labute approximate surface area is 128 Å². The van der Waals surface area contributed by atoms with Crippen molar-refractivity contribution >= 4 is 23.3 Å². The number of furan rings is 1. The van der Waals surface area contributed by atoms with Crippen LogP contribution in [0.15, 0.2) is 47.1 Å². The van der Waals surface area contributed by atoms with Crippen LogP contribution in [0.3, 0.4) is 0 Å². The Morgan fingerprint density at radius 1 is 1.29 bits per heavy atom. The van der Waals surface area contributed by atoms with E-state index in [-0.39, 0.29) is 12.1 Å². The van der Waals surface area contributed by atoms with E-state index < -0.39 is 0 Å². The van der Waals surface area contributed by atoms with Gasteiger partial charge in [-0.1, -0.05) is 11.6 Å². The molecule has 0 aliphatic carbocycles. The van der Waals surface area contributed by atoms with Gasteiger partial charge in [0.2, 0.25) is 0 Å². The van der Waals surface area contributed by atoms with Crippen LogP contribution in [0.4, 0.5) is 10.5 Å². The SMILES string of the molecule is CN(C)[C@H](CNC(=O)Nc1ccc(Cl)cc1)c1ccco1. The van der Waals surface area contributed by atoms with Crippen LogP contribution in [0, 0.1) is 0 Å². The number of rotatable bonds is 5. The highest BCUT2D eigenvalue weighted by Crippen LogP contribution is 2.17. The molecule has 2 aromatic rings. The highest BCUT2D eigenvalue weighted by atomic mass is 35.5. The first kappa shape index (κ1) is 15.4. The fourth-order valence-corrected chi connectivity index (χ4v) is 2.04. The summed E-state index contributed by atoms with van der Waals surface area (Å²) in [6.45, 7) is 0.444. The molecular weight excluding hydrogens is 290 g/mol. The molecule has 0 saturated carbocycles. The average molecular weight is 308 g/mol. The maximum absolute atomic E-state index is 11.9. The third-order valence-electron chi connectivity index (χ3n) is 3.05. The lowest BCUT2D eigenvalue weighted by Gasteiger charge is -2.22. The lowest BCUT2D eigenvalue weighted by Crippen LogP contribution is -2.36. The van der Waals surface area contributed by atoms with Crippen LogP contribution < -0.4 is 10.6 Å². The molecule has 1 aromatic carbocycles. The van der Waals surface area contributed by atoms with Gasteiger partial charge in [-0.3, -0.25) is 4.90 Å². The minimum absolute atomic E-state index is 0.0176. The Morgan fingerprint density at radius 3 is 2.57 bits per heavy atom. The molecule has 0 aliphatic heterocycles. The van der Waals surface area contributed by atoms with Gasteiger partial charge in [0, 0.05) is 17.3 Å². The average Bonchev–Trinajstić information content (AvgIpc) is 2.95. The van der Waals surface area contributed by atoms with Crippen molar-refractivity contribution in [2.45, 2.75) is 6.04 Å². The summed E-state index contributed by atoms with van der Waals surface area (Å²) in [6, 6.07) is 10.4. The van der Waals surface area contributed by atoms with Gasteiger partial charge in [-0.15, -0.1) is 0 Å². The number of benzene rings is 1. The number of likely N-dealkylation sites (N-methyl/N-ethyl adjacent to an activating group) is 1. The molecule has 2 N–H and O–H groups in total. The summed E-state index contributed by atoms with van der Waals surface area (Å²) in [7, 11) is 3.87. The predicted octanol–water partition coefficient (Wildman–Crippen LogP) is 3.36. The largest absolute Gasteiger partial charge is 0.468 e. The molecule has 5 nitrogen and oxygen atoms in total. The van der Waals surface area contributed by atoms with Crippen molar-refractivity contribution in [2.75, 3.05) is 26.0 Å². The number of carbonyl (C=O) groups excluding carboxylic acids is 1. The Morgan fingerprint density at radius 2 is 2.00 bits per heavy atom.